The van der Waals surface area contributed by atoms with Crippen molar-refractivity contribution in [2.45, 2.75) is 24.8 Å². The van der Waals surface area contributed by atoms with Crippen molar-refractivity contribution >= 4 is 10.0 Å². The molecular formula is C12H20N2O3S. The fourth-order valence-electron chi connectivity index (χ4n) is 1.58. The zero-order valence-corrected chi connectivity index (χ0v) is 11.8. The van der Waals surface area contributed by atoms with Crippen LogP contribution < -0.4 is 14.8 Å². The van der Waals surface area contributed by atoms with Crippen molar-refractivity contribution in [3.05, 3.63) is 23.8 Å². The number of hydrogen-bond donors (Lipinski definition) is 2. The van der Waals surface area contributed by atoms with E-state index in [1.165, 1.54) is 13.1 Å². The van der Waals surface area contributed by atoms with Gasteiger partial charge in [-0.3, -0.25) is 0 Å². The number of rotatable bonds is 7. The van der Waals surface area contributed by atoms with E-state index in [4.69, 9.17) is 4.74 Å². The first-order valence-electron chi connectivity index (χ1n) is 5.86. The van der Waals surface area contributed by atoms with Crippen molar-refractivity contribution in [3.8, 4) is 5.75 Å². The van der Waals surface area contributed by atoms with Gasteiger partial charge >= 0.3 is 0 Å². The first kappa shape index (κ1) is 14.9. The molecule has 1 rings (SSSR count). The lowest BCUT2D eigenvalue weighted by molar-refractivity contribution is 0.407. The van der Waals surface area contributed by atoms with Gasteiger partial charge in [0.2, 0.25) is 10.0 Å². The Bertz CT molecular complexity index is 486. The van der Waals surface area contributed by atoms with Crippen molar-refractivity contribution in [1.29, 1.82) is 0 Å². The van der Waals surface area contributed by atoms with Gasteiger partial charge in [0.05, 0.1) is 12.0 Å². The molecule has 0 aliphatic rings. The second-order valence-corrected chi connectivity index (χ2v) is 5.74. The minimum atomic E-state index is -3.41. The van der Waals surface area contributed by atoms with E-state index >= 15 is 0 Å². The van der Waals surface area contributed by atoms with E-state index < -0.39 is 10.0 Å². The largest absolute Gasteiger partial charge is 0.496 e. The quantitative estimate of drug-likeness (QED) is 0.730. The average Bonchev–Trinajstić information content (AvgIpc) is 2.39. The summed E-state index contributed by atoms with van der Waals surface area (Å²) in [5, 5.41) is 3.23. The normalized spacial score (nSPS) is 11.5. The SMILES string of the molecule is CCCNCc1cc(S(=O)(=O)NC)ccc1OC. The van der Waals surface area contributed by atoms with Crippen LogP contribution in [0.1, 0.15) is 18.9 Å². The summed E-state index contributed by atoms with van der Waals surface area (Å²) < 4.78 is 30.9. The molecule has 0 spiro atoms. The van der Waals surface area contributed by atoms with Crippen LogP contribution in [0.3, 0.4) is 0 Å². The number of sulfonamides is 1. The molecule has 18 heavy (non-hydrogen) atoms. The van der Waals surface area contributed by atoms with Crippen LogP contribution in [-0.2, 0) is 16.6 Å². The Balaban J connectivity index is 3.02. The van der Waals surface area contributed by atoms with E-state index in [9.17, 15) is 8.42 Å². The maximum Gasteiger partial charge on any atom is 0.240 e. The molecule has 0 aliphatic heterocycles. The molecule has 0 amide bonds. The summed E-state index contributed by atoms with van der Waals surface area (Å²) in [6.45, 7) is 3.54. The lowest BCUT2D eigenvalue weighted by atomic mass is 10.2. The monoisotopic (exact) mass is 272 g/mol. The standard InChI is InChI=1S/C12H20N2O3S/c1-4-7-14-9-10-8-11(18(15,16)13-2)5-6-12(10)17-3/h5-6,8,13-14H,4,7,9H2,1-3H3. The van der Waals surface area contributed by atoms with Crippen LogP contribution in [0.25, 0.3) is 0 Å². The van der Waals surface area contributed by atoms with E-state index in [0.717, 1.165) is 18.5 Å². The maximum atomic E-state index is 11.7. The van der Waals surface area contributed by atoms with Crippen LogP contribution in [0.5, 0.6) is 5.75 Å². The minimum Gasteiger partial charge on any atom is -0.496 e. The molecule has 0 saturated carbocycles. The maximum absolute atomic E-state index is 11.7. The van der Waals surface area contributed by atoms with Crippen molar-refractivity contribution in [1.82, 2.24) is 10.0 Å². The highest BCUT2D eigenvalue weighted by atomic mass is 32.2. The van der Waals surface area contributed by atoms with Gasteiger partial charge in [-0.1, -0.05) is 6.92 Å². The van der Waals surface area contributed by atoms with Crippen molar-refractivity contribution in [3.63, 3.8) is 0 Å². The lowest BCUT2D eigenvalue weighted by Gasteiger charge is -2.11. The fraction of sp³-hybridized carbons (Fsp3) is 0.500. The summed E-state index contributed by atoms with van der Waals surface area (Å²) in [6, 6.07) is 4.84. The van der Waals surface area contributed by atoms with Crippen LogP contribution in [-0.4, -0.2) is 29.1 Å². The van der Waals surface area contributed by atoms with Crippen molar-refractivity contribution in [2.24, 2.45) is 0 Å². The van der Waals surface area contributed by atoms with E-state index in [2.05, 4.69) is 17.0 Å². The van der Waals surface area contributed by atoms with Gasteiger partial charge in [-0.2, -0.15) is 0 Å². The van der Waals surface area contributed by atoms with Crippen LogP contribution in [0.2, 0.25) is 0 Å². The third kappa shape index (κ3) is 3.69. The number of methoxy groups -OCH3 is 1. The van der Waals surface area contributed by atoms with Gasteiger partial charge in [0.15, 0.2) is 0 Å². The summed E-state index contributed by atoms with van der Waals surface area (Å²) in [7, 11) is -0.438. The molecule has 0 saturated heterocycles. The molecule has 1 aromatic rings. The molecule has 2 N–H and O–H groups in total. The third-order valence-corrected chi connectivity index (χ3v) is 3.99. The predicted octanol–water partition coefficient (Wildman–Crippen LogP) is 1.10. The molecule has 0 aliphatic carbocycles. The molecule has 5 nitrogen and oxygen atoms in total. The zero-order chi connectivity index (χ0) is 13.6. The van der Waals surface area contributed by atoms with Gasteiger partial charge in [-0.25, -0.2) is 13.1 Å². The first-order chi connectivity index (χ1) is 8.55. The summed E-state index contributed by atoms with van der Waals surface area (Å²) in [6.07, 6.45) is 1.02. The summed E-state index contributed by atoms with van der Waals surface area (Å²) in [5.41, 5.74) is 0.835. The Labute approximate surface area is 109 Å². The van der Waals surface area contributed by atoms with E-state index in [0.29, 0.717) is 12.3 Å². The summed E-state index contributed by atoms with van der Waals surface area (Å²) in [4.78, 5) is 0.249. The molecular weight excluding hydrogens is 252 g/mol. The smallest absolute Gasteiger partial charge is 0.240 e. The van der Waals surface area contributed by atoms with Crippen molar-refractivity contribution < 1.29 is 13.2 Å². The average molecular weight is 272 g/mol. The van der Waals surface area contributed by atoms with Gasteiger partial charge in [0.25, 0.3) is 0 Å². The van der Waals surface area contributed by atoms with E-state index in [1.54, 1.807) is 19.2 Å². The summed E-state index contributed by atoms with van der Waals surface area (Å²) >= 11 is 0. The van der Waals surface area contributed by atoms with Crippen LogP contribution in [0, 0.1) is 0 Å². The zero-order valence-electron chi connectivity index (χ0n) is 11.0. The number of hydrogen-bond acceptors (Lipinski definition) is 4. The van der Waals surface area contributed by atoms with Crippen molar-refractivity contribution in [2.75, 3.05) is 20.7 Å². The topological polar surface area (TPSA) is 67.4 Å². The molecule has 0 heterocycles. The second-order valence-electron chi connectivity index (χ2n) is 3.86. The number of nitrogens with one attached hydrogen (secondary N) is 2. The first-order valence-corrected chi connectivity index (χ1v) is 7.34. The van der Waals surface area contributed by atoms with Gasteiger partial charge in [0, 0.05) is 12.1 Å². The number of ether oxygens (including phenoxy) is 1. The third-order valence-electron chi connectivity index (χ3n) is 2.57. The molecule has 0 fully saturated rings. The Kier molecular flexibility index (Phi) is 5.58. The predicted molar refractivity (Wildman–Crippen MR) is 71.2 cm³/mol. The molecule has 0 atom stereocenters. The lowest BCUT2D eigenvalue weighted by Crippen LogP contribution is -2.20. The molecule has 6 heteroatoms. The van der Waals surface area contributed by atoms with Gasteiger partial charge in [-0.05, 0) is 38.2 Å². The summed E-state index contributed by atoms with van der Waals surface area (Å²) in [5.74, 6) is 0.689. The fourth-order valence-corrected chi connectivity index (χ4v) is 2.36. The van der Waals surface area contributed by atoms with Gasteiger partial charge in [-0.15, -0.1) is 0 Å². The Morgan fingerprint density at radius 1 is 1.33 bits per heavy atom. The Hall–Kier alpha value is -1.11. The minimum absolute atomic E-state index is 0.249. The molecule has 0 unspecified atom stereocenters. The molecule has 1 aromatic carbocycles. The highest BCUT2D eigenvalue weighted by molar-refractivity contribution is 7.89. The van der Waals surface area contributed by atoms with E-state index in [-0.39, 0.29) is 4.90 Å². The van der Waals surface area contributed by atoms with Crippen LogP contribution >= 0.6 is 0 Å². The Morgan fingerprint density at radius 2 is 2.06 bits per heavy atom. The molecule has 0 aromatic heterocycles. The highest BCUT2D eigenvalue weighted by Crippen LogP contribution is 2.22. The Morgan fingerprint density at radius 3 is 2.61 bits per heavy atom. The van der Waals surface area contributed by atoms with Crippen LogP contribution in [0.4, 0.5) is 0 Å². The van der Waals surface area contributed by atoms with E-state index in [1.807, 2.05) is 0 Å². The molecule has 0 radical (unpaired) electrons. The highest BCUT2D eigenvalue weighted by Gasteiger charge is 2.14. The molecule has 102 valence electrons. The molecule has 0 bridgehead atoms. The van der Waals surface area contributed by atoms with Gasteiger partial charge < -0.3 is 10.1 Å². The number of benzene rings is 1. The van der Waals surface area contributed by atoms with Gasteiger partial charge in [0.1, 0.15) is 5.75 Å². The second kappa shape index (κ2) is 6.72. The van der Waals surface area contributed by atoms with Crippen LogP contribution in [0.15, 0.2) is 23.1 Å².